The Hall–Kier alpha value is -2.47. The Kier molecular flexibility index (Phi) is 8.02. The van der Waals surface area contributed by atoms with E-state index in [1.165, 1.54) is 5.56 Å². The lowest BCUT2D eigenvalue weighted by Gasteiger charge is -2.05. The van der Waals surface area contributed by atoms with Crippen molar-refractivity contribution < 1.29 is 9.59 Å². The molecule has 136 valence electrons. The van der Waals surface area contributed by atoms with Crippen LogP contribution in [-0.4, -0.2) is 17.5 Å². The number of hydrogen-bond acceptors (Lipinski definition) is 3. The number of benzene rings is 2. The number of aryl methyl sites for hydroxylation is 1. The molecule has 6 heteroatoms. The highest BCUT2D eigenvalue weighted by Crippen LogP contribution is 2.14. The van der Waals surface area contributed by atoms with E-state index in [0.717, 1.165) is 23.0 Å². The van der Waals surface area contributed by atoms with Gasteiger partial charge in [-0.05, 0) is 49.6 Å². The van der Waals surface area contributed by atoms with Gasteiger partial charge in [0.25, 0.3) is 0 Å². The molecule has 2 N–H and O–H groups in total. The molecule has 0 spiro atoms. The first kappa shape index (κ1) is 19.8. The van der Waals surface area contributed by atoms with Gasteiger partial charge in [0.15, 0.2) is 0 Å². The molecule has 0 aromatic heterocycles. The molecule has 0 aliphatic carbocycles. The maximum absolute atomic E-state index is 11.9. The van der Waals surface area contributed by atoms with Gasteiger partial charge in [0.05, 0.1) is 0 Å². The normalized spacial score (nSPS) is 11.1. The first-order valence-electron chi connectivity index (χ1n) is 8.44. The standard InChI is InChI=1S/C20H22BrN3O2/c1-15(7-8-16-5-3-2-4-6-16)23-24-20(26)14-13-19(25)22-18-11-9-17(21)10-12-18/h2-6,9-12H,7-8,13-14H2,1H3,(H,22,25)(H,24,26). The van der Waals surface area contributed by atoms with Gasteiger partial charge in [0.1, 0.15) is 0 Å². The van der Waals surface area contributed by atoms with Crippen LogP contribution in [0.4, 0.5) is 5.69 Å². The highest BCUT2D eigenvalue weighted by atomic mass is 79.9. The van der Waals surface area contributed by atoms with E-state index in [0.29, 0.717) is 5.69 Å². The molecule has 0 radical (unpaired) electrons. The topological polar surface area (TPSA) is 70.6 Å². The van der Waals surface area contributed by atoms with E-state index in [9.17, 15) is 9.59 Å². The predicted octanol–water partition coefficient (Wildman–Crippen LogP) is 4.29. The molecule has 2 aromatic carbocycles. The predicted molar refractivity (Wildman–Crippen MR) is 108 cm³/mol. The van der Waals surface area contributed by atoms with Crippen LogP contribution in [0, 0.1) is 0 Å². The minimum absolute atomic E-state index is 0.0951. The van der Waals surface area contributed by atoms with E-state index < -0.39 is 0 Å². The Morgan fingerprint density at radius 2 is 1.58 bits per heavy atom. The van der Waals surface area contributed by atoms with Crippen molar-refractivity contribution in [2.24, 2.45) is 5.10 Å². The number of hydrazone groups is 1. The average Bonchev–Trinajstić information content (AvgIpc) is 2.65. The van der Waals surface area contributed by atoms with Gasteiger partial charge >= 0.3 is 0 Å². The highest BCUT2D eigenvalue weighted by Gasteiger charge is 2.07. The summed E-state index contributed by atoms with van der Waals surface area (Å²) in [5.74, 6) is -0.470. The van der Waals surface area contributed by atoms with E-state index in [1.54, 1.807) is 12.1 Å². The summed E-state index contributed by atoms with van der Waals surface area (Å²) < 4.78 is 0.940. The summed E-state index contributed by atoms with van der Waals surface area (Å²) in [7, 11) is 0. The summed E-state index contributed by atoms with van der Waals surface area (Å²) >= 11 is 3.34. The third-order valence-corrected chi connectivity index (χ3v) is 4.23. The lowest BCUT2D eigenvalue weighted by atomic mass is 10.1. The van der Waals surface area contributed by atoms with E-state index >= 15 is 0 Å². The second kappa shape index (κ2) is 10.5. The van der Waals surface area contributed by atoms with Crippen LogP contribution in [0.15, 0.2) is 64.2 Å². The van der Waals surface area contributed by atoms with Gasteiger partial charge in [-0.2, -0.15) is 5.10 Å². The van der Waals surface area contributed by atoms with Gasteiger partial charge in [-0.15, -0.1) is 0 Å². The maximum atomic E-state index is 11.9. The average molecular weight is 416 g/mol. The fourth-order valence-corrected chi connectivity index (χ4v) is 2.49. The SMILES string of the molecule is CC(CCc1ccccc1)=NNC(=O)CCC(=O)Nc1ccc(Br)cc1. The monoisotopic (exact) mass is 415 g/mol. The molecule has 2 aromatic rings. The number of nitrogens with one attached hydrogen (secondary N) is 2. The van der Waals surface area contributed by atoms with Crippen molar-refractivity contribution in [1.82, 2.24) is 5.43 Å². The molecule has 0 saturated carbocycles. The van der Waals surface area contributed by atoms with Gasteiger partial charge < -0.3 is 5.32 Å². The lowest BCUT2D eigenvalue weighted by Crippen LogP contribution is -2.21. The number of carbonyl (C=O) groups excluding carboxylic acids is 2. The molecule has 26 heavy (non-hydrogen) atoms. The van der Waals surface area contributed by atoms with Crippen molar-refractivity contribution in [2.45, 2.75) is 32.6 Å². The first-order valence-corrected chi connectivity index (χ1v) is 9.23. The molecule has 0 bridgehead atoms. The Bertz CT molecular complexity index is 758. The number of rotatable bonds is 8. The van der Waals surface area contributed by atoms with Crippen LogP contribution in [0.1, 0.15) is 31.7 Å². The summed E-state index contributed by atoms with van der Waals surface area (Å²) in [6.45, 7) is 1.88. The fourth-order valence-electron chi connectivity index (χ4n) is 2.22. The molecule has 2 amide bonds. The summed E-state index contributed by atoms with van der Waals surface area (Å²) in [4.78, 5) is 23.7. The maximum Gasteiger partial charge on any atom is 0.240 e. The van der Waals surface area contributed by atoms with Crippen LogP contribution in [-0.2, 0) is 16.0 Å². The number of hydrogen-bond donors (Lipinski definition) is 2. The lowest BCUT2D eigenvalue weighted by molar-refractivity contribution is -0.124. The molecule has 0 saturated heterocycles. The zero-order valence-corrected chi connectivity index (χ0v) is 16.3. The van der Waals surface area contributed by atoms with E-state index in [1.807, 2.05) is 37.3 Å². The van der Waals surface area contributed by atoms with Gasteiger partial charge in [0, 0.05) is 28.7 Å². The summed E-state index contributed by atoms with van der Waals surface area (Å²) in [6.07, 6.45) is 1.86. The zero-order valence-electron chi connectivity index (χ0n) is 14.7. The Morgan fingerprint density at radius 3 is 2.27 bits per heavy atom. The number of nitrogens with zero attached hydrogens (tertiary/aromatic N) is 1. The Morgan fingerprint density at radius 1 is 0.923 bits per heavy atom. The third-order valence-electron chi connectivity index (χ3n) is 3.70. The minimum atomic E-state index is -0.269. The molecule has 0 aliphatic rings. The second-order valence-corrected chi connectivity index (χ2v) is 6.84. The number of halogens is 1. The van der Waals surface area contributed by atoms with Crippen molar-refractivity contribution in [3.8, 4) is 0 Å². The molecule has 5 nitrogen and oxygen atoms in total. The zero-order chi connectivity index (χ0) is 18.8. The number of amides is 2. The molecular formula is C20H22BrN3O2. The first-order chi connectivity index (χ1) is 12.5. The van der Waals surface area contributed by atoms with E-state index in [4.69, 9.17) is 0 Å². The number of anilines is 1. The van der Waals surface area contributed by atoms with Gasteiger partial charge in [-0.3, -0.25) is 9.59 Å². The van der Waals surface area contributed by atoms with Crippen molar-refractivity contribution in [2.75, 3.05) is 5.32 Å². The molecule has 0 unspecified atom stereocenters. The van der Waals surface area contributed by atoms with Crippen LogP contribution < -0.4 is 10.7 Å². The second-order valence-electron chi connectivity index (χ2n) is 5.92. The smallest absolute Gasteiger partial charge is 0.240 e. The molecular weight excluding hydrogens is 394 g/mol. The van der Waals surface area contributed by atoms with E-state index in [-0.39, 0.29) is 24.7 Å². The third kappa shape index (κ3) is 7.61. The van der Waals surface area contributed by atoms with Crippen molar-refractivity contribution in [3.63, 3.8) is 0 Å². The van der Waals surface area contributed by atoms with Crippen molar-refractivity contribution in [3.05, 3.63) is 64.6 Å². The number of carbonyl (C=O) groups is 2. The van der Waals surface area contributed by atoms with E-state index in [2.05, 4.69) is 43.9 Å². The fraction of sp³-hybridized carbons (Fsp3) is 0.250. The van der Waals surface area contributed by atoms with Gasteiger partial charge in [-0.25, -0.2) is 5.43 Å². The Balaban J connectivity index is 1.67. The molecule has 0 fully saturated rings. The summed E-state index contributed by atoms with van der Waals surface area (Å²) in [5.41, 5.74) is 5.29. The van der Waals surface area contributed by atoms with Crippen LogP contribution in [0.25, 0.3) is 0 Å². The van der Waals surface area contributed by atoms with Crippen molar-refractivity contribution in [1.29, 1.82) is 0 Å². The van der Waals surface area contributed by atoms with Crippen molar-refractivity contribution >= 4 is 39.1 Å². The van der Waals surface area contributed by atoms with Crippen LogP contribution in [0.5, 0.6) is 0 Å². The summed E-state index contributed by atoms with van der Waals surface area (Å²) in [6, 6.07) is 17.4. The minimum Gasteiger partial charge on any atom is -0.326 e. The molecule has 0 aliphatic heterocycles. The highest BCUT2D eigenvalue weighted by molar-refractivity contribution is 9.10. The summed E-state index contributed by atoms with van der Waals surface area (Å²) in [5, 5.41) is 6.84. The quantitative estimate of drug-likeness (QED) is 0.498. The van der Waals surface area contributed by atoms with Gasteiger partial charge in [-0.1, -0.05) is 46.3 Å². The van der Waals surface area contributed by atoms with Crippen LogP contribution in [0.3, 0.4) is 0 Å². The largest absolute Gasteiger partial charge is 0.326 e. The van der Waals surface area contributed by atoms with Crippen LogP contribution >= 0.6 is 15.9 Å². The Labute approximate surface area is 162 Å². The molecule has 0 heterocycles. The molecule has 0 atom stereocenters. The van der Waals surface area contributed by atoms with Gasteiger partial charge in [0.2, 0.25) is 11.8 Å². The van der Waals surface area contributed by atoms with Crippen LogP contribution in [0.2, 0.25) is 0 Å². The molecule has 2 rings (SSSR count).